The lowest BCUT2D eigenvalue weighted by Crippen LogP contribution is -2.22. The van der Waals surface area contributed by atoms with Crippen LogP contribution in [0, 0.1) is 0 Å². The molecule has 0 aliphatic rings. The number of carbonyl (C=O) groups excluding carboxylic acids is 2. The molecule has 36 heavy (non-hydrogen) atoms. The van der Waals surface area contributed by atoms with Crippen LogP contribution in [0.3, 0.4) is 0 Å². The maximum Gasteiger partial charge on any atom is 0.244 e. The second-order valence-corrected chi connectivity index (χ2v) is 8.32. The minimum absolute atomic E-state index is 0.161. The average molecular weight is 512 g/mol. The molecule has 2 amide bonds. The minimum Gasteiger partial charge on any atom is -0.497 e. The predicted octanol–water partition coefficient (Wildman–Crippen LogP) is 3.38. The minimum atomic E-state index is -0.275. The number of benzene rings is 2. The number of thioether (sulfide) groups is 1. The van der Waals surface area contributed by atoms with Crippen LogP contribution in [0.5, 0.6) is 17.2 Å². The Morgan fingerprint density at radius 2 is 1.75 bits per heavy atom. The molecule has 1 aromatic heterocycles. The average Bonchev–Trinajstić information content (AvgIpc) is 3.31. The molecule has 3 rings (SSSR count). The van der Waals surface area contributed by atoms with Crippen LogP contribution < -0.4 is 24.8 Å². The third-order valence-electron chi connectivity index (χ3n) is 5.07. The fourth-order valence-electron chi connectivity index (χ4n) is 3.23. The number of amides is 2. The van der Waals surface area contributed by atoms with E-state index in [0.29, 0.717) is 34.7 Å². The number of hydrogen-bond acceptors (Lipinski definition) is 8. The molecule has 0 radical (unpaired) electrons. The summed E-state index contributed by atoms with van der Waals surface area (Å²) in [6.45, 7) is 2.75. The molecule has 0 aliphatic carbocycles. The molecule has 0 saturated carbocycles. The number of methoxy groups -OCH3 is 3. The normalized spacial score (nSPS) is 10.8. The SMILES string of the molecule is CCn1c(CNC(=O)/C=C/c2ccc(OC)c(OC)c2)nnc1SCC(=O)Nc1ccc(OC)cc1. The van der Waals surface area contributed by atoms with E-state index < -0.39 is 0 Å². The second kappa shape index (κ2) is 13.2. The Hall–Kier alpha value is -3.99. The Morgan fingerprint density at radius 1 is 1.00 bits per heavy atom. The van der Waals surface area contributed by atoms with Crippen molar-refractivity contribution in [3.63, 3.8) is 0 Å². The fraction of sp³-hybridized carbons (Fsp3) is 0.280. The molecular formula is C25H29N5O5S. The van der Waals surface area contributed by atoms with Gasteiger partial charge in [-0.2, -0.15) is 0 Å². The molecule has 0 bridgehead atoms. The molecule has 0 unspecified atom stereocenters. The van der Waals surface area contributed by atoms with Gasteiger partial charge in [0.1, 0.15) is 5.75 Å². The van der Waals surface area contributed by atoms with E-state index in [9.17, 15) is 9.59 Å². The van der Waals surface area contributed by atoms with Gasteiger partial charge in [0.05, 0.1) is 33.6 Å². The van der Waals surface area contributed by atoms with Crippen molar-refractivity contribution >= 4 is 35.3 Å². The summed E-state index contributed by atoms with van der Waals surface area (Å²) in [6, 6.07) is 12.5. The van der Waals surface area contributed by atoms with Crippen molar-refractivity contribution in [3.05, 3.63) is 59.9 Å². The second-order valence-electron chi connectivity index (χ2n) is 7.37. The van der Waals surface area contributed by atoms with Gasteiger partial charge in [0, 0.05) is 18.3 Å². The van der Waals surface area contributed by atoms with E-state index in [1.54, 1.807) is 63.8 Å². The highest BCUT2D eigenvalue weighted by molar-refractivity contribution is 7.99. The molecule has 10 nitrogen and oxygen atoms in total. The van der Waals surface area contributed by atoms with Gasteiger partial charge in [-0.1, -0.05) is 17.8 Å². The summed E-state index contributed by atoms with van der Waals surface area (Å²) in [5.41, 5.74) is 1.48. The Balaban J connectivity index is 1.52. The van der Waals surface area contributed by atoms with Crippen LogP contribution in [-0.2, 0) is 22.7 Å². The van der Waals surface area contributed by atoms with Crippen LogP contribution >= 0.6 is 11.8 Å². The molecule has 1 heterocycles. The molecule has 0 saturated heterocycles. The topological polar surface area (TPSA) is 117 Å². The molecule has 2 N–H and O–H groups in total. The van der Waals surface area contributed by atoms with E-state index in [1.165, 1.54) is 17.8 Å². The van der Waals surface area contributed by atoms with Gasteiger partial charge in [0.2, 0.25) is 11.8 Å². The van der Waals surface area contributed by atoms with E-state index in [2.05, 4.69) is 20.8 Å². The molecule has 3 aromatic rings. The van der Waals surface area contributed by atoms with Crippen molar-refractivity contribution in [2.75, 3.05) is 32.4 Å². The van der Waals surface area contributed by atoms with Crippen LogP contribution in [0.4, 0.5) is 5.69 Å². The molecule has 0 spiro atoms. The summed E-state index contributed by atoms with van der Waals surface area (Å²) in [7, 11) is 4.71. The summed E-state index contributed by atoms with van der Waals surface area (Å²) < 4.78 is 17.5. The Morgan fingerprint density at radius 3 is 2.42 bits per heavy atom. The number of ether oxygens (including phenoxy) is 3. The van der Waals surface area contributed by atoms with Crippen molar-refractivity contribution in [1.29, 1.82) is 0 Å². The summed E-state index contributed by atoms with van der Waals surface area (Å²) in [4.78, 5) is 24.7. The van der Waals surface area contributed by atoms with Crippen molar-refractivity contribution in [2.45, 2.75) is 25.2 Å². The van der Waals surface area contributed by atoms with Crippen LogP contribution in [0.15, 0.2) is 53.7 Å². The lowest BCUT2D eigenvalue weighted by molar-refractivity contribution is -0.116. The van der Waals surface area contributed by atoms with Gasteiger partial charge in [-0.15, -0.1) is 10.2 Å². The number of nitrogens with zero attached hydrogens (tertiary/aromatic N) is 3. The number of carbonyl (C=O) groups is 2. The first kappa shape index (κ1) is 26.6. The largest absolute Gasteiger partial charge is 0.497 e. The van der Waals surface area contributed by atoms with Crippen LogP contribution in [0.25, 0.3) is 6.08 Å². The Kier molecular flexibility index (Phi) is 9.75. The van der Waals surface area contributed by atoms with E-state index >= 15 is 0 Å². The molecule has 0 fully saturated rings. The zero-order valence-electron chi connectivity index (χ0n) is 20.6. The lowest BCUT2D eigenvalue weighted by atomic mass is 10.2. The van der Waals surface area contributed by atoms with Gasteiger partial charge in [-0.3, -0.25) is 9.59 Å². The summed E-state index contributed by atoms with van der Waals surface area (Å²) in [5, 5.41) is 14.6. The highest BCUT2D eigenvalue weighted by atomic mass is 32.2. The van der Waals surface area contributed by atoms with Gasteiger partial charge >= 0.3 is 0 Å². The molecule has 0 aliphatic heterocycles. The van der Waals surface area contributed by atoms with Gasteiger partial charge in [-0.05, 0) is 55.0 Å². The van der Waals surface area contributed by atoms with Gasteiger partial charge in [0.25, 0.3) is 0 Å². The van der Waals surface area contributed by atoms with Gasteiger partial charge in [0.15, 0.2) is 22.5 Å². The molecule has 11 heteroatoms. The summed E-state index contributed by atoms with van der Waals surface area (Å²) in [5.74, 6) is 2.25. The van der Waals surface area contributed by atoms with E-state index in [1.807, 2.05) is 17.6 Å². The Bertz CT molecular complexity index is 1210. The number of aromatic nitrogens is 3. The Labute approximate surface area is 214 Å². The first-order valence-corrected chi connectivity index (χ1v) is 12.1. The number of rotatable bonds is 12. The lowest BCUT2D eigenvalue weighted by Gasteiger charge is -2.09. The standard InChI is InChI=1S/C25H29N5O5S/c1-5-30-22(15-26-23(31)13-7-17-6-12-20(34-3)21(14-17)35-4)28-29-25(30)36-16-24(32)27-18-8-10-19(33-2)11-9-18/h6-14H,5,15-16H2,1-4H3,(H,26,31)(H,27,32)/b13-7+. The van der Waals surface area contributed by atoms with Crippen molar-refractivity contribution < 1.29 is 23.8 Å². The zero-order chi connectivity index (χ0) is 25.9. The fourth-order valence-corrected chi connectivity index (χ4v) is 4.05. The number of hydrogen-bond donors (Lipinski definition) is 2. The monoisotopic (exact) mass is 511 g/mol. The quantitative estimate of drug-likeness (QED) is 0.281. The third-order valence-corrected chi connectivity index (χ3v) is 6.04. The highest BCUT2D eigenvalue weighted by Crippen LogP contribution is 2.28. The summed E-state index contributed by atoms with van der Waals surface area (Å²) in [6.07, 6.45) is 3.12. The number of nitrogens with one attached hydrogen (secondary N) is 2. The first-order chi connectivity index (χ1) is 17.5. The third kappa shape index (κ3) is 7.25. The zero-order valence-corrected chi connectivity index (χ0v) is 21.4. The van der Waals surface area contributed by atoms with Crippen molar-refractivity contribution in [1.82, 2.24) is 20.1 Å². The molecule has 190 valence electrons. The van der Waals surface area contributed by atoms with E-state index in [-0.39, 0.29) is 24.1 Å². The van der Waals surface area contributed by atoms with Crippen molar-refractivity contribution in [2.24, 2.45) is 0 Å². The molecule has 2 aromatic carbocycles. The highest BCUT2D eigenvalue weighted by Gasteiger charge is 2.14. The van der Waals surface area contributed by atoms with E-state index in [0.717, 1.165) is 11.3 Å². The molecule has 0 atom stereocenters. The van der Waals surface area contributed by atoms with Gasteiger partial charge in [-0.25, -0.2) is 0 Å². The maximum absolute atomic E-state index is 12.3. The van der Waals surface area contributed by atoms with E-state index in [4.69, 9.17) is 14.2 Å². The van der Waals surface area contributed by atoms with Crippen LogP contribution in [0.1, 0.15) is 18.3 Å². The number of anilines is 1. The van der Waals surface area contributed by atoms with Crippen molar-refractivity contribution in [3.8, 4) is 17.2 Å². The molecular weight excluding hydrogens is 482 g/mol. The van der Waals surface area contributed by atoms with Crippen LogP contribution in [0.2, 0.25) is 0 Å². The summed E-state index contributed by atoms with van der Waals surface area (Å²) >= 11 is 1.28. The maximum atomic E-state index is 12.3. The van der Waals surface area contributed by atoms with Gasteiger partial charge < -0.3 is 29.4 Å². The van der Waals surface area contributed by atoms with Crippen LogP contribution in [-0.4, -0.2) is 53.7 Å². The smallest absolute Gasteiger partial charge is 0.244 e. The first-order valence-electron chi connectivity index (χ1n) is 11.1. The predicted molar refractivity (Wildman–Crippen MR) is 138 cm³/mol.